The number of hydrogen-bond donors (Lipinski definition) is 0. The molecule has 0 N–H and O–H groups in total. The summed E-state index contributed by atoms with van der Waals surface area (Å²) in [6.07, 6.45) is 28.1. The Kier molecular flexibility index (Phi) is 36.0. The SMILES string of the molecule is C1=C(c2ccccc2)c2ccccc2C1.C1=CC(c2ccccc2)=CC1.C1=CN=C(c2ccccc2)C1.C1=NC(c2ccccc2)=CC1.c1ccc(-c2ccc3ccccc3c2)cc1.c1ccc(-c2ccc3ccccc3n2)cc1.c1ccc(-c2cccc3ccccc23)cc1.c1ccc(-c2ccccc2)cc1.c1ccc(-n2cc3ccccc3n2)cc1.c1ccc(-n2cccc2)cc1.c1ccc(C2=Nc3ccccc3C2)cc1. The summed E-state index contributed by atoms with van der Waals surface area (Å²) in [5, 5.41) is 12.1. The number of aliphatic imine (C=N–C) groups is 3. The molecular weight excluding hydrogens is 1800 g/mol. The van der Waals surface area contributed by atoms with Gasteiger partial charge in [0, 0.05) is 72.3 Å². The molecule has 23 aromatic rings. The van der Waals surface area contributed by atoms with Crippen LogP contribution in [-0.4, -0.2) is 37.0 Å². The van der Waals surface area contributed by atoms with Crippen molar-refractivity contribution in [3.05, 3.63) is 676 Å². The van der Waals surface area contributed by atoms with Crippen molar-refractivity contribution in [2.45, 2.75) is 32.1 Å². The van der Waals surface area contributed by atoms with Gasteiger partial charge in [-0.2, -0.15) is 5.10 Å². The lowest BCUT2D eigenvalue weighted by molar-refractivity contribution is 0.896. The molecule has 7 nitrogen and oxygen atoms in total. The van der Waals surface area contributed by atoms with Crippen LogP contribution in [0.5, 0.6) is 0 Å². The normalized spacial score (nSPS) is 12.0. The van der Waals surface area contributed by atoms with Crippen molar-refractivity contribution in [2.24, 2.45) is 15.0 Å². The molecule has 7 heteroatoms. The average Bonchev–Trinajstić information content (AvgIpc) is 1.52. The first-order valence-corrected chi connectivity index (χ1v) is 50.8. The van der Waals surface area contributed by atoms with Crippen LogP contribution in [0.15, 0.2) is 646 Å². The lowest BCUT2D eigenvalue weighted by Gasteiger charge is -2.06. The van der Waals surface area contributed by atoms with Gasteiger partial charge in [-0.3, -0.25) is 15.0 Å². The Hall–Kier alpha value is -19.2. The molecule has 3 aromatic heterocycles. The van der Waals surface area contributed by atoms with Crippen molar-refractivity contribution in [3.8, 4) is 56.0 Å². The summed E-state index contributed by atoms with van der Waals surface area (Å²) >= 11 is 0. The van der Waals surface area contributed by atoms with E-state index in [9.17, 15) is 0 Å². The van der Waals surface area contributed by atoms with E-state index in [1.165, 1.54) is 138 Å². The second-order valence-corrected chi connectivity index (χ2v) is 35.5. The fourth-order valence-electron chi connectivity index (χ4n) is 17.7. The fraction of sp³-hybridized carbons (Fsp3) is 0.0352. The van der Waals surface area contributed by atoms with E-state index >= 15 is 0 Å². The lowest BCUT2D eigenvalue weighted by atomic mass is 9.98. The van der Waals surface area contributed by atoms with Crippen LogP contribution >= 0.6 is 0 Å². The highest BCUT2D eigenvalue weighted by Crippen LogP contribution is 2.35. The Bertz CT molecular complexity index is 8100. The highest BCUT2D eigenvalue weighted by atomic mass is 15.3. The van der Waals surface area contributed by atoms with Gasteiger partial charge < -0.3 is 4.57 Å². The van der Waals surface area contributed by atoms with Gasteiger partial charge >= 0.3 is 0 Å². The van der Waals surface area contributed by atoms with Crippen LogP contribution in [0, 0.1) is 0 Å². The molecule has 0 saturated heterocycles. The average molecular weight is 1920 g/mol. The number of pyridine rings is 1. The minimum atomic E-state index is 0.959. The first-order valence-electron chi connectivity index (χ1n) is 50.8. The van der Waals surface area contributed by atoms with E-state index in [-0.39, 0.29) is 0 Å². The van der Waals surface area contributed by atoms with Crippen molar-refractivity contribution in [1.29, 1.82) is 0 Å². The second-order valence-electron chi connectivity index (χ2n) is 35.5. The van der Waals surface area contributed by atoms with Crippen LogP contribution in [-0.2, 0) is 12.8 Å². The maximum absolute atomic E-state index is 4.65. The van der Waals surface area contributed by atoms with Crippen molar-refractivity contribution >= 4 is 83.5 Å². The highest BCUT2D eigenvalue weighted by molar-refractivity contribution is 6.07. The zero-order valence-corrected chi connectivity index (χ0v) is 83.3. The Balaban J connectivity index is 0.000000107. The number of fused-ring (bicyclic) bond motifs is 6. The molecule has 28 rings (SSSR count). The number of allylic oxidation sites excluding steroid dienone is 7. The van der Waals surface area contributed by atoms with E-state index in [1.807, 2.05) is 224 Å². The minimum absolute atomic E-state index is 0.959. The Morgan fingerprint density at radius 1 is 0.255 bits per heavy atom. The fourth-order valence-corrected chi connectivity index (χ4v) is 17.7. The van der Waals surface area contributed by atoms with Gasteiger partial charge in [-0.1, -0.05) is 540 Å². The standard InChI is InChI=1S/2C16H12.C15H11N.C15H12.C14H11N.C13H10N2.C12H10.C11H10.3C10H9N/c1-2-7-13(8-3-1)16-12-6-10-14-9-4-5-11-15(14)16;1-2-6-13(7-3-1)16-11-10-14-8-4-5-9-15(14)12-16;1-2-6-12(7-3-1)15-11-10-13-8-4-5-9-14(13)16-15;1-2-6-12(7-3-1)15-11-10-13-8-4-5-9-14(13)15;1-2-6-11(7-3-1)14-10-12-8-4-5-9-13(12)15-14;1-2-7-12(8-3-1)15-10-11-6-4-5-9-13(11)14-15;1-3-7-11(8-4-1)12-9-5-2-6-10-12;2*1-2-6-10(7-3-1)11-8-4-5-9-11;2*1-2-5-9(6-3-1)10-7-4-8-11-10/h2*1-12H;1-11H;1-9,11H,10H2;1-9H,10H2;1-10H;1-10H;1-4,6-9H,5H2;1-9H;1-3,5-8H,4H2;1-6,8H,7H2. The summed E-state index contributed by atoms with van der Waals surface area (Å²) in [7, 11) is 0. The monoisotopic (exact) mass is 1920 g/mol. The zero-order chi connectivity index (χ0) is 101. The van der Waals surface area contributed by atoms with Crippen LogP contribution in [0.3, 0.4) is 0 Å². The molecule has 0 bridgehead atoms. The number of aromatic nitrogens is 4. The molecule has 0 saturated carbocycles. The highest BCUT2D eigenvalue weighted by Gasteiger charge is 2.17. The summed E-state index contributed by atoms with van der Waals surface area (Å²) in [5.41, 5.74) is 32.0. The van der Waals surface area contributed by atoms with Gasteiger partial charge in [0.1, 0.15) is 0 Å². The second kappa shape index (κ2) is 53.8. The van der Waals surface area contributed by atoms with Gasteiger partial charge in [-0.05, 0) is 190 Å². The third-order valence-electron chi connectivity index (χ3n) is 25.4. The topological polar surface area (TPSA) is 72.7 Å². The van der Waals surface area contributed by atoms with Gasteiger partial charge in [0.25, 0.3) is 0 Å². The molecule has 0 radical (unpaired) electrons. The third kappa shape index (κ3) is 28.9. The van der Waals surface area contributed by atoms with Gasteiger partial charge in [-0.25, -0.2) is 9.67 Å². The summed E-state index contributed by atoms with van der Waals surface area (Å²) in [5.74, 6) is 0. The maximum atomic E-state index is 4.65. The van der Waals surface area contributed by atoms with Gasteiger partial charge in [0.15, 0.2) is 0 Å². The number of para-hydroxylation sites is 4. The number of benzene rings is 20. The Morgan fingerprint density at radius 3 is 1.27 bits per heavy atom. The van der Waals surface area contributed by atoms with Crippen molar-refractivity contribution in [1.82, 2.24) is 19.3 Å². The van der Waals surface area contributed by atoms with Crippen LogP contribution in [0.4, 0.5) is 5.69 Å². The van der Waals surface area contributed by atoms with Gasteiger partial charge in [-0.15, -0.1) is 0 Å². The predicted molar refractivity (Wildman–Crippen MR) is 634 cm³/mol. The van der Waals surface area contributed by atoms with Crippen LogP contribution in [0.25, 0.3) is 116 Å². The summed E-state index contributed by atoms with van der Waals surface area (Å²) in [6, 6.07) is 196. The molecule has 0 atom stereocenters. The van der Waals surface area contributed by atoms with Crippen molar-refractivity contribution < 1.29 is 0 Å². The molecule has 0 unspecified atom stereocenters. The van der Waals surface area contributed by atoms with Crippen LogP contribution < -0.4 is 0 Å². The molecule has 718 valence electrons. The van der Waals surface area contributed by atoms with Gasteiger partial charge in [0.05, 0.1) is 45.2 Å². The molecule has 0 spiro atoms. The number of rotatable bonds is 11. The van der Waals surface area contributed by atoms with Crippen molar-refractivity contribution in [3.63, 3.8) is 0 Å². The number of hydrogen-bond acceptors (Lipinski definition) is 5. The quantitative estimate of drug-likeness (QED) is 0.129. The van der Waals surface area contributed by atoms with E-state index in [0.717, 1.165) is 71.5 Å². The molecule has 3 aliphatic heterocycles. The Labute approximate surface area is 875 Å². The minimum Gasteiger partial charge on any atom is -0.324 e. The molecule has 5 aliphatic rings. The van der Waals surface area contributed by atoms with Crippen molar-refractivity contribution in [2.75, 3.05) is 0 Å². The largest absolute Gasteiger partial charge is 0.324 e. The van der Waals surface area contributed by atoms with Gasteiger partial charge in [0.2, 0.25) is 0 Å². The predicted octanol–water partition coefficient (Wildman–Crippen LogP) is 36.7. The third-order valence-corrected chi connectivity index (χ3v) is 25.4. The van der Waals surface area contributed by atoms with E-state index in [1.54, 1.807) is 0 Å². The summed E-state index contributed by atoms with van der Waals surface area (Å²) in [4.78, 5) is 17.8. The summed E-state index contributed by atoms with van der Waals surface area (Å²) in [6.45, 7) is 0. The molecular formula is C142H115N7. The smallest absolute Gasteiger partial charge is 0.0927 e. The molecule has 20 aromatic carbocycles. The Morgan fingerprint density at radius 2 is 0.705 bits per heavy atom. The first kappa shape index (κ1) is 99.9. The summed E-state index contributed by atoms with van der Waals surface area (Å²) < 4.78 is 3.99. The maximum Gasteiger partial charge on any atom is 0.0927 e. The number of nitrogens with zero attached hydrogens (tertiary/aromatic N) is 7. The zero-order valence-electron chi connectivity index (χ0n) is 83.3. The van der Waals surface area contributed by atoms with E-state index < -0.39 is 0 Å². The molecule has 0 amide bonds. The molecule has 6 heterocycles. The van der Waals surface area contributed by atoms with E-state index in [0.29, 0.717) is 0 Å². The molecule has 2 aliphatic carbocycles. The molecule has 149 heavy (non-hydrogen) atoms. The lowest BCUT2D eigenvalue weighted by Crippen LogP contribution is -1.99. The van der Waals surface area contributed by atoms with Crippen LogP contribution in [0.1, 0.15) is 63.8 Å². The van der Waals surface area contributed by atoms with Crippen LogP contribution in [0.2, 0.25) is 0 Å². The molecule has 0 fully saturated rings. The van der Waals surface area contributed by atoms with E-state index in [2.05, 4.69) is 448 Å². The first-order chi connectivity index (χ1) is 74.0. The van der Waals surface area contributed by atoms with E-state index in [4.69, 9.17) is 0 Å².